The van der Waals surface area contributed by atoms with Crippen LogP contribution in [0.3, 0.4) is 0 Å². The van der Waals surface area contributed by atoms with Crippen LogP contribution in [0.5, 0.6) is 5.88 Å². The summed E-state index contributed by atoms with van der Waals surface area (Å²) in [6.45, 7) is 0.402. The molecule has 0 saturated carbocycles. The van der Waals surface area contributed by atoms with Gasteiger partial charge in [-0.25, -0.2) is 4.98 Å². The fourth-order valence-electron chi connectivity index (χ4n) is 2.49. The Kier molecular flexibility index (Phi) is 3.42. The number of fused-ring (bicyclic) bond motifs is 1. The van der Waals surface area contributed by atoms with Crippen molar-refractivity contribution in [2.45, 2.75) is 31.9 Å². The molecule has 2 aromatic rings. The first-order valence-corrected chi connectivity index (χ1v) is 6.62. The Bertz CT molecular complexity index is 554. The Morgan fingerprint density at radius 2 is 2.11 bits per heavy atom. The third-order valence-corrected chi connectivity index (χ3v) is 3.47. The third-order valence-electron chi connectivity index (χ3n) is 3.47. The van der Waals surface area contributed by atoms with Crippen molar-refractivity contribution in [1.29, 1.82) is 0 Å². The fourth-order valence-corrected chi connectivity index (χ4v) is 2.49. The van der Waals surface area contributed by atoms with Crippen LogP contribution in [0.2, 0.25) is 0 Å². The molecule has 4 heteroatoms. The summed E-state index contributed by atoms with van der Waals surface area (Å²) < 4.78 is 5.97. The van der Waals surface area contributed by atoms with Crippen molar-refractivity contribution < 1.29 is 4.74 Å². The van der Waals surface area contributed by atoms with Gasteiger partial charge in [-0.05, 0) is 30.4 Å². The summed E-state index contributed by atoms with van der Waals surface area (Å²) in [7, 11) is 0. The van der Waals surface area contributed by atoms with Gasteiger partial charge in [-0.2, -0.15) is 0 Å². The lowest BCUT2D eigenvalue weighted by atomic mass is 9.89. The van der Waals surface area contributed by atoms with Gasteiger partial charge in [0.1, 0.15) is 6.10 Å². The average Bonchev–Trinajstić information content (AvgIpc) is 2.48. The lowest BCUT2D eigenvalue weighted by Crippen LogP contribution is -2.15. The summed E-state index contributed by atoms with van der Waals surface area (Å²) >= 11 is 0. The SMILES string of the molecule is NCc1cnc(OC2CCCc3ccccc32)cn1. The summed E-state index contributed by atoms with van der Waals surface area (Å²) in [5.41, 5.74) is 8.93. The predicted molar refractivity (Wildman–Crippen MR) is 72.7 cm³/mol. The van der Waals surface area contributed by atoms with Gasteiger partial charge in [0.05, 0.1) is 18.1 Å². The number of ether oxygens (including phenoxy) is 1. The van der Waals surface area contributed by atoms with E-state index in [0.717, 1.165) is 25.0 Å². The standard InChI is InChI=1S/C15H17N3O/c16-8-12-9-18-15(10-17-12)19-14-7-3-5-11-4-1-2-6-13(11)14/h1-2,4,6,9-10,14H,3,5,7-8,16H2. The maximum Gasteiger partial charge on any atom is 0.232 e. The topological polar surface area (TPSA) is 61.0 Å². The van der Waals surface area contributed by atoms with Crippen molar-refractivity contribution in [1.82, 2.24) is 9.97 Å². The summed E-state index contributed by atoms with van der Waals surface area (Å²) in [6.07, 6.45) is 6.72. The maximum absolute atomic E-state index is 5.97. The molecule has 1 aliphatic carbocycles. The van der Waals surface area contributed by atoms with Gasteiger partial charge in [0.25, 0.3) is 0 Å². The van der Waals surface area contributed by atoms with E-state index in [9.17, 15) is 0 Å². The molecule has 1 unspecified atom stereocenters. The Labute approximate surface area is 112 Å². The van der Waals surface area contributed by atoms with Crippen LogP contribution in [0.4, 0.5) is 0 Å². The molecule has 1 aliphatic rings. The highest BCUT2D eigenvalue weighted by Crippen LogP contribution is 2.32. The lowest BCUT2D eigenvalue weighted by Gasteiger charge is -2.25. The highest BCUT2D eigenvalue weighted by Gasteiger charge is 2.21. The van der Waals surface area contributed by atoms with Crippen LogP contribution in [-0.4, -0.2) is 9.97 Å². The first-order chi connectivity index (χ1) is 9.36. The molecule has 1 atom stereocenters. The van der Waals surface area contributed by atoms with Crippen LogP contribution >= 0.6 is 0 Å². The largest absolute Gasteiger partial charge is 0.468 e. The summed E-state index contributed by atoms with van der Waals surface area (Å²) in [5.74, 6) is 0.568. The average molecular weight is 255 g/mol. The van der Waals surface area contributed by atoms with Gasteiger partial charge in [0.15, 0.2) is 0 Å². The number of hydrogen-bond acceptors (Lipinski definition) is 4. The minimum absolute atomic E-state index is 0.0861. The van der Waals surface area contributed by atoms with Gasteiger partial charge in [0, 0.05) is 6.54 Å². The Balaban J connectivity index is 1.80. The van der Waals surface area contributed by atoms with Gasteiger partial charge in [-0.3, -0.25) is 4.98 Å². The number of hydrogen-bond donors (Lipinski definition) is 1. The molecule has 3 rings (SSSR count). The second-order valence-electron chi connectivity index (χ2n) is 4.75. The van der Waals surface area contributed by atoms with Crippen LogP contribution in [0, 0.1) is 0 Å². The van der Waals surface area contributed by atoms with Crippen LogP contribution in [0.25, 0.3) is 0 Å². The number of aromatic nitrogens is 2. The summed E-state index contributed by atoms with van der Waals surface area (Å²) in [4.78, 5) is 8.46. The number of nitrogens with two attached hydrogens (primary N) is 1. The van der Waals surface area contributed by atoms with Crippen LogP contribution in [-0.2, 0) is 13.0 Å². The zero-order valence-corrected chi connectivity index (χ0v) is 10.7. The minimum atomic E-state index is 0.0861. The Morgan fingerprint density at radius 1 is 1.21 bits per heavy atom. The van der Waals surface area contributed by atoms with Crippen molar-refractivity contribution in [3.8, 4) is 5.88 Å². The highest BCUT2D eigenvalue weighted by atomic mass is 16.5. The van der Waals surface area contributed by atoms with Crippen LogP contribution < -0.4 is 10.5 Å². The molecule has 1 heterocycles. The van der Waals surface area contributed by atoms with Gasteiger partial charge < -0.3 is 10.5 Å². The van der Waals surface area contributed by atoms with Crippen LogP contribution in [0.15, 0.2) is 36.7 Å². The van der Waals surface area contributed by atoms with Crippen LogP contribution in [0.1, 0.15) is 35.8 Å². The minimum Gasteiger partial charge on any atom is -0.468 e. The van der Waals surface area contributed by atoms with E-state index in [1.165, 1.54) is 11.1 Å². The first kappa shape index (κ1) is 12.1. The molecule has 0 saturated heterocycles. The third kappa shape index (κ3) is 2.58. The smallest absolute Gasteiger partial charge is 0.232 e. The van der Waals surface area contributed by atoms with E-state index in [1.54, 1.807) is 12.4 Å². The van der Waals surface area contributed by atoms with E-state index >= 15 is 0 Å². The van der Waals surface area contributed by atoms with Gasteiger partial charge in [0.2, 0.25) is 5.88 Å². The number of aryl methyl sites for hydroxylation is 1. The molecule has 0 amide bonds. The first-order valence-electron chi connectivity index (χ1n) is 6.62. The molecule has 98 valence electrons. The fraction of sp³-hybridized carbons (Fsp3) is 0.333. The number of nitrogens with zero attached hydrogens (tertiary/aromatic N) is 2. The van der Waals surface area contributed by atoms with Gasteiger partial charge >= 0.3 is 0 Å². The molecule has 1 aromatic carbocycles. The lowest BCUT2D eigenvalue weighted by molar-refractivity contribution is 0.175. The van der Waals surface area contributed by atoms with E-state index in [-0.39, 0.29) is 6.10 Å². The second kappa shape index (κ2) is 5.36. The molecule has 4 nitrogen and oxygen atoms in total. The van der Waals surface area contributed by atoms with Crippen molar-refractivity contribution in [3.05, 3.63) is 53.5 Å². The number of rotatable bonds is 3. The zero-order chi connectivity index (χ0) is 13.1. The molecular weight excluding hydrogens is 238 g/mol. The van der Waals surface area contributed by atoms with Gasteiger partial charge in [-0.1, -0.05) is 24.3 Å². The van der Waals surface area contributed by atoms with Crippen molar-refractivity contribution in [2.24, 2.45) is 5.73 Å². The highest BCUT2D eigenvalue weighted by molar-refractivity contribution is 5.31. The van der Waals surface area contributed by atoms with Crippen molar-refractivity contribution >= 4 is 0 Å². The molecular formula is C15H17N3O. The maximum atomic E-state index is 5.97. The van der Waals surface area contributed by atoms with E-state index < -0.39 is 0 Å². The Morgan fingerprint density at radius 3 is 2.89 bits per heavy atom. The molecule has 2 N–H and O–H groups in total. The van der Waals surface area contributed by atoms with E-state index in [0.29, 0.717) is 12.4 Å². The molecule has 19 heavy (non-hydrogen) atoms. The predicted octanol–water partition coefficient (Wildman–Crippen LogP) is 2.39. The van der Waals surface area contributed by atoms with Crippen molar-refractivity contribution in [2.75, 3.05) is 0 Å². The normalized spacial score (nSPS) is 17.8. The van der Waals surface area contributed by atoms with E-state index in [4.69, 9.17) is 10.5 Å². The molecule has 1 aromatic heterocycles. The Hall–Kier alpha value is -1.94. The second-order valence-corrected chi connectivity index (χ2v) is 4.75. The molecule has 0 bridgehead atoms. The summed E-state index contributed by atoms with van der Waals surface area (Å²) in [5, 5.41) is 0. The molecule has 0 aliphatic heterocycles. The van der Waals surface area contributed by atoms with E-state index in [1.807, 2.05) is 0 Å². The quantitative estimate of drug-likeness (QED) is 0.914. The van der Waals surface area contributed by atoms with Crippen molar-refractivity contribution in [3.63, 3.8) is 0 Å². The molecule has 0 spiro atoms. The van der Waals surface area contributed by atoms with E-state index in [2.05, 4.69) is 34.2 Å². The summed E-state index contributed by atoms with van der Waals surface area (Å²) in [6, 6.07) is 8.45. The molecule has 0 fully saturated rings. The molecule has 0 radical (unpaired) electrons. The zero-order valence-electron chi connectivity index (χ0n) is 10.7. The number of benzene rings is 1. The van der Waals surface area contributed by atoms with Gasteiger partial charge in [-0.15, -0.1) is 0 Å². The monoisotopic (exact) mass is 255 g/mol.